The van der Waals surface area contributed by atoms with Gasteiger partial charge in [0.05, 0.1) is 12.6 Å². The number of rotatable bonds is 3. The van der Waals surface area contributed by atoms with Crippen LogP contribution in [0.5, 0.6) is 0 Å². The summed E-state index contributed by atoms with van der Waals surface area (Å²) in [7, 11) is 1.93. The van der Waals surface area contributed by atoms with Crippen molar-refractivity contribution in [2.75, 3.05) is 39.8 Å². The number of ether oxygens (including phenoxy) is 1. The Kier molecular flexibility index (Phi) is 6.05. The molecule has 6 nitrogen and oxygen atoms in total. The first-order chi connectivity index (χ1) is 15.5. The van der Waals surface area contributed by atoms with E-state index in [2.05, 4.69) is 39.4 Å². The lowest BCUT2D eigenvalue weighted by Gasteiger charge is -2.52. The topological polar surface area (TPSA) is 48.1 Å². The van der Waals surface area contributed by atoms with Crippen LogP contribution in [0.3, 0.4) is 0 Å². The normalized spacial score (nSPS) is 30.3. The highest BCUT2D eigenvalue weighted by molar-refractivity contribution is 7.80. The number of nitrogens with zero attached hydrogens (tertiary/aromatic N) is 3. The third-order valence-corrected chi connectivity index (χ3v) is 8.80. The first-order valence-corrected chi connectivity index (χ1v) is 12.7. The number of amides is 1. The fraction of sp³-hybridized carbons (Fsp3) is 0.680. The van der Waals surface area contributed by atoms with Gasteiger partial charge in [-0.1, -0.05) is 24.3 Å². The Morgan fingerprint density at radius 2 is 1.97 bits per heavy atom. The van der Waals surface area contributed by atoms with Gasteiger partial charge in [-0.3, -0.25) is 0 Å². The van der Waals surface area contributed by atoms with Gasteiger partial charge in [0.25, 0.3) is 0 Å². The van der Waals surface area contributed by atoms with Crippen LogP contribution in [0, 0.1) is 11.3 Å². The summed E-state index contributed by atoms with van der Waals surface area (Å²) in [6.07, 6.45) is 5.91. The molecule has 1 unspecified atom stereocenters. The van der Waals surface area contributed by atoms with Gasteiger partial charge < -0.3 is 24.8 Å². The zero-order valence-electron chi connectivity index (χ0n) is 19.4. The van der Waals surface area contributed by atoms with Crippen molar-refractivity contribution in [1.29, 1.82) is 0 Å². The molecular formula is C25H36N4O2S. The lowest BCUT2D eigenvalue weighted by atomic mass is 9.64. The third kappa shape index (κ3) is 3.87. The van der Waals surface area contributed by atoms with Crippen molar-refractivity contribution in [2.24, 2.45) is 11.3 Å². The number of piperidine rings is 1. The van der Waals surface area contributed by atoms with Gasteiger partial charge in [-0.2, -0.15) is 0 Å². The molecule has 4 aliphatic rings. The number of likely N-dealkylation sites (tertiary alicyclic amines) is 2. The molecule has 1 N–H and O–H groups in total. The molecule has 0 radical (unpaired) electrons. The minimum Gasteiger partial charge on any atom is -0.450 e. The summed E-state index contributed by atoms with van der Waals surface area (Å²) in [6, 6.07) is 9.95. The SMILES string of the molecule is CCOC(=O)N1CCC2(CC(N3CCC(C4c5ccccc5CN4C(=S)NC)CC3)C2)C1. The maximum Gasteiger partial charge on any atom is 0.409 e. The highest BCUT2D eigenvalue weighted by atomic mass is 32.1. The molecule has 174 valence electrons. The van der Waals surface area contributed by atoms with E-state index in [9.17, 15) is 4.79 Å². The average Bonchev–Trinajstić information content (AvgIpc) is 3.41. The van der Waals surface area contributed by atoms with E-state index in [1.54, 1.807) is 0 Å². The van der Waals surface area contributed by atoms with E-state index in [-0.39, 0.29) is 6.09 Å². The van der Waals surface area contributed by atoms with Gasteiger partial charge in [-0.15, -0.1) is 0 Å². The lowest BCUT2D eigenvalue weighted by molar-refractivity contribution is -0.0147. The summed E-state index contributed by atoms with van der Waals surface area (Å²) in [4.78, 5) is 19.1. The van der Waals surface area contributed by atoms with Crippen molar-refractivity contribution >= 4 is 23.4 Å². The second-order valence-electron chi connectivity index (χ2n) is 10.1. The predicted molar refractivity (Wildman–Crippen MR) is 129 cm³/mol. The van der Waals surface area contributed by atoms with E-state index in [1.807, 2.05) is 18.9 Å². The van der Waals surface area contributed by atoms with E-state index in [0.717, 1.165) is 31.2 Å². The van der Waals surface area contributed by atoms with Gasteiger partial charge >= 0.3 is 6.09 Å². The number of nitrogens with one attached hydrogen (secondary N) is 1. The number of thiocarbonyl (C=S) groups is 1. The molecule has 1 aromatic carbocycles. The number of carbonyl (C=O) groups excluding carboxylic acids is 1. The summed E-state index contributed by atoms with van der Waals surface area (Å²) < 4.78 is 5.21. The van der Waals surface area contributed by atoms with Crippen LogP contribution in [0.1, 0.15) is 56.2 Å². The second-order valence-corrected chi connectivity index (χ2v) is 10.5. The summed E-state index contributed by atoms with van der Waals surface area (Å²) in [6.45, 7) is 7.34. The molecule has 2 saturated heterocycles. The number of hydrogen-bond acceptors (Lipinski definition) is 4. The Labute approximate surface area is 197 Å². The summed E-state index contributed by atoms with van der Waals surface area (Å²) in [5.74, 6) is 0.640. The monoisotopic (exact) mass is 456 g/mol. The fourth-order valence-electron chi connectivity index (χ4n) is 6.70. The van der Waals surface area contributed by atoms with E-state index in [0.29, 0.717) is 30.0 Å². The zero-order chi connectivity index (χ0) is 22.3. The van der Waals surface area contributed by atoms with Crippen molar-refractivity contribution in [2.45, 2.75) is 57.7 Å². The smallest absolute Gasteiger partial charge is 0.409 e. The van der Waals surface area contributed by atoms with Crippen molar-refractivity contribution in [3.63, 3.8) is 0 Å². The average molecular weight is 457 g/mol. The quantitative estimate of drug-likeness (QED) is 0.699. The maximum atomic E-state index is 12.1. The van der Waals surface area contributed by atoms with Crippen LogP contribution in [0.2, 0.25) is 0 Å². The van der Waals surface area contributed by atoms with Crippen LogP contribution in [0.25, 0.3) is 0 Å². The predicted octanol–water partition coefficient (Wildman–Crippen LogP) is 3.77. The molecule has 1 amide bonds. The highest BCUT2D eigenvalue weighted by Crippen LogP contribution is 2.51. The number of hydrogen-bond donors (Lipinski definition) is 1. The second kappa shape index (κ2) is 8.82. The zero-order valence-corrected chi connectivity index (χ0v) is 20.2. The molecule has 3 heterocycles. The molecule has 3 fully saturated rings. The molecule has 0 bridgehead atoms. The van der Waals surface area contributed by atoms with Crippen LogP contribution in [0.4, 0.5) is 4.79 Å². The Hall–Kier alpha value is -1.86. The molecule has 1 aliphatic carbocycles. The van der Waals surface area contributed by atoms with E-state index < -0.39 is 0 Å². The Morgan fingerprint density at radius 1 is 1.22 bits per heavy atom. The molecule has 0 aromatic heterocycles. The fourth-order valence-corrected chi connectivity index (χ4v) is 6.88. The summed E-state index contributed by atoms with van der Waals surface area (Å²) >= 11 is 5.67. The molecule has 3 aliphatic heterocycles. The maximum absolute atomic E-state index is 12.1. The molecular weight excluding hydrogens is 420 g/mol. The highest BCUT2D eigenvalue weighted by Gasteiger charge is 2.52. The first kappa shape index (κ1) is 22.0. The van der Waals surface area contributed by atoms with Crippen molar-refractivity contribution < 1.29 is 9.53 Å². The minimum absolute atomic E-state index is 0.130. The molecule has 7 heteroatoms. The third-order valence-electron chi connectivity index (χ3n) is 8.36. The lowest BCUT2D eigenvalue weighted by Crippen LogP contribution is -2.54. The van der Waals surface area contributed by atoms with Gasteiger partial charge in [0.15, 0.2) is 5.11 Å². The summed E-state index contributed by atoms with van der Waals surface area (Å²) in [5.41, 5.74) is 3.23. The van der Waals surface area contributed by atoms with Crippen LogP contribution in [-0.4, -0.2) is 71.8 Å². The molecule has 32 heavy (non-hydrogen) atoms. The van der Waals surface area contributed by atoms with Crippen molar-refractivity contribution in [3.05, 3.63) is 35.4 Å². The van der Waals surface area contributed by atoms with Gasteiger partial charge in [0.2, 0.25) is 0 Å². The standard InChI is InChI=1S/C25H36N4O2S/c1-3-31-24(30)28-13-10-25(17-28)14-20(15-25)27-11-8-18(9-12-27)22-21-7-5-4-6-19(21)16-29(22)23(32)26-2/h4-7,18,20,22H,3,8-17H2,1-2H3,(H,26,32). The van der Waals surface area contributed by atoms with Gasteiger partial charge in [-0.25, -0.2) is 4.79 Å². The van der Waals surface area contributed by atoms with Gasteiger partial charge in [0.1, 0.15) is 0 Å². The van der Waals surface area contributed by atoms with E-state index in [1.165, 1.54) is 49.9 Å². The van der Waals surface area contributed by atoms with Crippen LogP contribution in [0.15, 0.2) is 24.3 Å². The Morgan fingerprint density at radius 3 is 2.69 bits per heavy atom. The molecule has 1 aromatic rings. The molecule has 1 spiro atoms. The number of fused-ring (bicyclic) bond motifs is 1. The van der Waals surface area contributed by atoms with Crippen molar-refractivity contribution in [3.8, 4) is 0 Å². The molecule has 1 atom stereocenters. The first-order valence-electron chi connectivity index (χ1n) is 12.3. The van der Waals surface area contributed by atoms with Crippen LogP contribution < -0.4 is 5.32 Å². The van der Waals surface area contributed by atoms with Gasteiger partial charge in [0, 0.05) is 32.7 Å². The Bertz CT molecular complexity index is 863. The molecule has 5 rings (SSSR count). The van der Waals surface area contributed by atoms with E-state index >= 15 is 0 Å². The van der Waals surface area contributed by atoms with Crippen LogP contribution >= 0.6 is 12.2 Å². The minimum atomic E-state index is -0.130. The number of benzene rings is 1. The molecule has 1 saturated carbocycles. The summed E-state index contributed by atoms with van der Waals surface area (Å²) in [5, 5.41) is 4.08. The largest absolute Gasteiger partial charge is 0.450 e. The van der Waals surface area contributed by atoms with Crippen molar-refractivity contribution in [1.82, 2.24) is 20.0 Å². The number of carbonyl (C=O) groups is 1. The van der Waals surface area contributed by atoms with E-state index in [4.69, 9.17) is 17.0 Å². The van der Waals surface area contributed by atoms with Gasteiger partial charge in [-0.05, 0) is 86.8 Å². The Balaban J connectivity index is 1.17. The van der Waals surface area contributed by atoms with Crippen LogP contribution in [-0.2, 0) is 11.3 Å².